The summed E-state index contributed by atoms with van der Waals surface area (Å²) in [5.41, 5.74) is 6.03. The molecule has 11 heteroatoms. The van der Waals surface area contributed by atoms with Crippen molar-refractivity contribution < 1.29 is 13.6 Å². The zero-order valence-electron chi connectivity index (χ0n) is 19.0. The molecule has 0 unspecified atom stereocenters. The summed E-state index contributed by atoms with van der Waals surface area (Å²) >= 11 is 4.93. The van der Waals surface area contributed by atoms with E-state index >= 15 is 0 Å². The first-order chi connectivity index (χ1) is 17.4. The van der Waals surface area contributed by atoms with Gasteiger partial charge in [0.2, 0.25) is 0 Å². The van der Waals surface area contributed by atoms with E-state index in [1.807, 2.05) is 0 Å². The summed E-state index contributed by atoms with van der Waals surface area (Å²) in [6, 6.07) is 16.8. The molecule has 1 heterocycles. The van der Waals surface area contributed by atoms with Gasteiger partial charge in [0.1, 0.15) is 11.6 Å². The fraction of sp³-hybridized carbons (Fsp3) is 0.120. The van der Waals surface area contributed by atoms with E-state index in [0.29, 0.717) is 58.6 Å². The lowest BCUT2D eigenvalue weighted by Crippen LogP contribution is -2.48. The monoisotopic (exact) mass is 507 g/mol. The minimum atomic E-state index is -0.381. The predicted molar refractivity (Wildman–Crippen MR) is 138 cm³/mol. The third kappa shape index (κ3) is 5.77. The van der Waals surface area contributed by atoms with Crippen molar-refractivity contribution in [3.05, 3.63) is 83.9 Å². The first-order valence-electron chi connectivity index (χ1n) is 11.0. The molecule has 0 atom stereocenters. The van der Waals surface area contributed by atoms with Gasteiger partial charge in [-0.15, -0.1) is 0 Å². The van der Waals surface area contributed by atoms with Crippen molar-refractivity contribution >= 4 is 34.3 Å². The number of hydrogen-bond donors (Lipinski definition) is 4. The number of fused-ring (bicyclic) bond motifs is 1. The largest absolute Gasteiger partial charge is 0.352 e. The van der Waals surface area contributed by atoms with Crippen LogP contribution in [0.25, 0.3) is 33.5 Å². The summed E-state index contributed by atoms with van der Waals surface area (Å²) in [4.78, 5) is 22.2. The van der Waals surface area contributed by atoms with Gasteiger partial charge in [-0.1, -0.05) is 0 Å². The van der Waals surface area contributed by atoms with E-state index in [2.05, 4.69) is 10.7 Å². The van der Waals surface area contributed by atoms with E-state index < -0.39 is 0 Å². The average Bonchev–Trinajstić information content (AvgIpc) is 2.90. The highest BCUT2D eigenvalue weighted by atomic mass is 32.1. The van der Waals surface area contributed by atoms with Crippen LogP contribution in [0, 0.1) is 11.6 Å². The summed E-state index contributed by atoms with van der Waals surface area (Å²) in [6.07, 6.45) is 0.549. The molecule has 0 spiro atoms. The van der Waals surface area contributed by atoms with E-state index in [-0.39, 0.29) is 22.7 Å². The zero-order chi connectivity index (χ0) is 25.7. The van der Waals surface area contributed by atoms with Gasteiger partial charge in [-0.05, 0) is 85.4 Å². The van der Waals surface area contributed by atoms with Crippen LogP contribution in [0.2, 0.25) is 0 Å². The number of nitrogens with one attached hydrogen (secondary N) is 2. The first-order valence-corrected chi connectivity index (χ1v) is 11.4. The third-order valence-corrected chi connectivity index (χ3v) is 5.76. The number of halogens is 2. The van der Waals surface area contributed by atoms with Gasteiger partial charge in [-0.3, -0.25) is 15.2 Å². The molecule has 0 fully saturated rings. The Morgan fingerprint density at radius 3 is 2.00 bits per heavy atom. The number of nitrogens with zero attached hydrogens (tertiary/aromatic N) is 3. The molecule has 8 nitrogen and oxygen atoms in total. The second kappa shape index (κ2) is 11.1. The number of amides is 1. The Kier molecular flexibility index (Phi) is 7.74. The molecule has 0 aliphatic carbocycles. The summed E-state index contributed by atoms with van der Waals surface area (Å²) in [5.74, 6) is 9.92. The van der Waals surface area contributed by atoms with Crippen molar-refractivity contribution in [3.8, 4) is 22.5 Å². The van der Waals surface area contributed by atoms with E-state index in [1.54, 1.807) is 42.5 Å². The smallest absolute Gasteiger partial charge is 0.251 e. The first kappa shape index (κ1) is 25.0. The van der Waals surface area contributed by atoms with Crippen LogP contribution < -0.4 is 22.4 Å². The molecular formula is C25H23F2N7OS. The predicted octanol–water partition coefficient (Wildman–Crippen LogP) is 3.29. The summed E-state index contributed by atoms with van der Waals surface area (Å²) in [6.45, 7) is 0.771. The molecular weight excluding hydrogens is 484 g/mol. The van der Waals surface area contributed by atoms with Gasteiger partial charge in [0.25, 0.3) is 5.91 Å². The molecule has 0 bridgehead atoms. The molecule has 0 saturated carbocycles. The molecule has 0 radical (unpaired) electrons. The number of thiocarbonyl (C=S) groups is 1. The van der Waals surface area contributed by atoms with Crippen LogP contribution >= 0.6 is 12.2 Å². The van der Waals surface area contributed by atoms with Gasteiger partial charge in [-0.25, -0.2) is 30.4 Å². The Hall–Kier alpha value is -4.06. The second-order valence-corrected chi connectivity index (χ2v) is 8.28. The molecule has 6 N–H and O–H groups in total. The molecule has 1 aromatic heterocycles. The summed E-state index contributed by atoms with van der Waals surface area (Å²) in [7, 11) is 0. The number of rotatable bonds is 7. The molecule has 0 aliphatic heterocycles. The van der Waals surface area contributed by atoms with Crippen molar-refractivity contribution in [2.45, 2.75) is 6.42 Å². The van der Waals surface area contributed by atoms with Crippen molar-refractivity contribution in [2.24, 2.45) is 11.7 Å². The highest BCUT2D eigenvalue weighted by Gasteiger charge is 2.15. The number of carbonyl (C=O) groups is 1. The fourth-order valence-corrected chi connectivity index (χ4v) is 3.64. The van der Waals surface area contributed by atoms with Gasteiger partial charge in [-0.2, -0.15) is 0 Å². The van der Waals surface area contributed by atoms with Gasteiger partial charge >= 0.3 is 0 Å². The van der Waals surface area contributed by atoms with E-state index in [4.69, 9.17) is 33.9 Å². The van der Waals surface area contributed by atoms with Crippen LogP contribution in [0.5, 0.6) is 0 Å². The standard InChI is InChI=1S/C25H23F2N7OS/c26-18-7-2-15(3-8-18)22-23(16-4-9-19(27)10-5-16)32-21-14-17(6-11-20(21)31-22)24(35)30-12-1-13-34(29)25(36)33-28/h2-11,14H,1,12-13,28-29H2,(H,30,35)(H,33,36). The Morgan fingerprint density at radius 1 is 0.889 bits per heavy atom. The van der Waals surface area contributed by atoms with Gasteiger partial charge < -0.3 is 5.32 Å². The SMILES string of the molecule is NNC(=S)N(N)CCCNC(=O)c1ccc2nc(-c3ccc(F)cc3)c(-c3ccc(F)cc3)nc2c1. The number of hydrogen-bond acceptors (Lipinski definition) is 6. The normalized spacial score (nSPS) is 10.8. The lowest BCUT2D eigenvalue weighted by atomic mass is 10.0. The number of nitrogens with two attached hydrogens (primary N) is 2. The van der Waals surface area contributed by atoms with Gasteiger partial charge in [0, 0.05) is 29.8 Å². The molecule has 3 aromatic carbocycles. The van der Waals surface area contributed by atoms with Crippen molar-refractivity contribution in [1.82, 2.24) is 25.7 Å². The quantitative estimate of drug-likeness (QED) is 0.130. The van der Waals surface area contributed by atoms with Crippen LogP contribution in [0.3, 0.4) is 0 Å². The average molecular weight is 508 g/mol. The van der Waals surface area contributed by atoms with E-state index in [1.165, 1.54) is 29.3 Å². The van der Waals surface area contributed by atoms with E-state index in [9.17, 15) is 13.6 Å². The summed E-state index contributed by atoms with van der Waals surface area (Å²) < 4.78 is 27.1. The molecule has 1 amide bonds. The third-order valence-electron chi connectivity index (χ3n) is 5.41. The van der Waals surface area contributed by atoms with Crippen LogP contribution in [-0.2, 0) is 0 Å². The Balaban J connectivity index is 1.62. The second-order valence-electron chi connectivity index (χ2n) is 7.89. The minimum absolute atomic E-state index is 0.200. The van der Waals surface area contributed by atoms with Crippen LogP contribution in [0.4, 0.5) is 8.78 Å². The molecule has 0 saturated heterocycles. The maximum absolute atomic E-state index is 13.5. The topological polar surface area (TPSA) is 122 Å². The van der Waals surface area contributed by atoms with Crippen molar-refractivity contribution in [3.63, 3.8) is 0 Å². The van der Waals surface area contributed by atoms with E-state index in [0.717, 1.165) is 0 Å². The Bertz CT molecular complexity index is 1400. The van der Waals surface area contributed by atoms with Crippen LogP contribution in [0.15, 0.2) is 66.7 Å². The maximum atomic E-state index is 13.5. The molecule has 0 aliphatic rings. The van der Waals surface area contributed by atoms with Crippen molar-refractivity contribution in [2.75, 3.05) is 13.1 Å². The maximum Gasteiger partial charge on any atom is 0.251 e. The molecule has 4 aromatic rings. The number of benzene rings is 3. The number of aromatic nitrogens is 2. The lowest BCUT2D eigenvalue weighted by molar-refractivity contribution is 0.0952. The fourth-order valence-electron chi connectivity index (χ4n) is 3.55. The van der Waals surface area contributed by atoms with Crippen LogP contribution in [-0.4, -0.2) is 39.1 Å². The van der Waals surface area contributed by atoms with Crippen molar-refractivity contribution in [1.29, 1.82) is 0 Å². The highest BCUT2D eigenvalue weighted by Crippen LogP contribution is 2.31. The molecule has 36 heavy (non-hydrogen) atoms. The Morgan fingerprint density at radius 2 is 1.44 bits per heavy atom. The van der Waals surface area contributed by atoms with Crippen LogP contribution in [0.1, 0.15) is 16.8 Å². The zero-order valence-corrected chi connectivity index (χ0v) is 19.9. The minimum Gasteiger partial charge on any atom is -0.352 e. The molecule has 4 rings (SSSR count). The summed E-state index contributed by atoms with van der Waals surface area (Å²) in [5, 5.41) is 4.31. The Labute approximate surface area is 211 Å². The molecule has 184 valence electrons. The van der Waals surface area contributed by atoms with Gasteiger partial charge in [0.15, 0.2) is 5.11 Å². The lowest BCUT2D eigenvalue weighted by Gasteiger charge is -2.18. The van der Waals surface area contributed by atoms with Gasteiger partial charge in [0.05, 0.1) is 22.4 Å². The number of hydrazine groups is 2. The highest BCUT2D eigenvalue weighted by molar-refractivity contribution is 7.80. The number of carbonyl (C=O) groups excluding carboxylic acids is 1.